The Labute approximate surface area is 497 Å². The SMILES string of the molecule is CC(=O)OC[C@@H]1O[C@H](OC(=O)/C(C)=C(\C)C[C@H](OC(C)=O)[C@H](C)[C@@H]2CC[C@H]3[C@@H]4CC=C5C[C@H](O[C@H]6O[C@@H](CO)[C@H](O)[C@@H](O)[C@@H]6O)C[C@@H](O)[C@@]5(C)[C@@H]4CC[C@@]23C)[C@@H](O[C@H]2O[C@@H](COC(C)=O)[C@H](O[C@H]3O[C@@H](CO)[C@H](O)[C@@H](O)[C@@H]3O)[C@@H](O)[C@@H]2O)[C@H](O)[C@H]1O. The van der Waals surface area contributed by atoms with Crippen molar-refractivity contribution in [3.63, 3.8) is 0 Å². The zero-order valence-corrected chi connectivity index (χ0v) is 49.7. The van der Waals surface area contributed by atoms with Crippen LogP contribution in [-0.4, -0.2) is 258 Å². The zero-order valence-electron chi connectivity index (χ0n) is 49.7. The Morgan fingerprint density at radius 1 is 0.593 bits per heavy atom. The van der Waals surface area contributed by atoms with Crippen molar-refractivity contribution in [3.05, 3.63) is 22.8 Å². The molecule has 0 aromatic carbocycles. The number of hydrogen-bond donors (Lipinski definition) is 13. The molecule has 28 heteroatoms. The lowest BCUT2D eigenvalue weighted by molar-refractivity contribution is -0.381. The van der Waals surface area contributed by atoms with Crippen molar-refractivity contribution in [3.8, 4) is 0 Å². The molecule has 7 fully saturated rings. The first-order chi connectivity index (χ1) is 40.5. The lowest BCUT2D eigenvalue weighted by atomic mass is 9.46. The van der Waals surface area contributed by atoms with E-state index in [1.54, 1.807) is 6.92 Å². The summed E-state index contributed by atoms with van der Waals surface area (Å²) in [5.74, 6) is -2.81. The number of carbonyl (C=O) groups is 4. The molecule has 4 saturated heterocycles. The monoisotopic (exact) mass is 1230 g/mol. The van der Waals surface area contributed by atoms with Gasteiger partial charge in [0.15, 0.2) is 25.0 Å². The molecule has 3 saturated carbocycles. The second-order valence-electron chi connectivity index (χ2n) is 25.3. The zero-order chi connectivity index (χ0) is 63.2. The maximum atomic E-state index is 14.3. The minimum Gasteiger partial charge on any atom is -0.463 e. The van der Waals surface area contributed by atoms with Crippen LogP contribution in [0.3, 0.4) is 0 Å². The van der Waals surface area contributed by atoms with Gasteiger partial charge in [0, 0.05) is 44.6 Å². The fraction of sp³-hybridized carbons (Fsp3) is 0.862. The van der Waals surface area contributed by atoms with Gasteiger partial charge in [0.2, 0.25) is 6.29 Å². The largest absolute Gasteiger partial charge is 0.463 e. The summed E-state index contributed by atoms with van der Waals surface area (Å²) in [7, 11) is 0. The van der Waals surface area contributed by atoms with Crippen molar-refractivity contribution in [1.82, 2.24) is 0 Å². The fourth-order valence-corrected chi connectivity index (χ4v) is 15.2. The summed E-state index contributed by atoms with van der Waals surface area (Å²) in [6.45, 7) is 10.2. The summed E-state index contributed by atoms with van der Waals surface area (Å²) in [4.78, 5) is 51.1. The topological polar surface area (TPSA) is 433 Å². The Morgan fingerprint density at radius 3 is 1.67 bits per heavy atom. The number of rotatable bonds is 19. The maximum Gasteiger partial charge on any atom is 0.336 e. The standard InChI is InChI=1S/C58H90O28/c1-22(15-34(78-27(6)63)24(3)31-11-12-32-30-10-9-28-16-29(79-53-47(72)43(68)40(65)35(18-59)80-53)17-39(64)58(28,8)33(30)13-14-57(31,32)7)23(2)52(75)86-56-51(45(70)42(67)37(82-56)20-76-25(4)61)85-55-49(74)46(71)50(38(83-55)21-77-26(5)62)84-54-48(73)44(69)41(66)36(19-60)81-54/h9,24,29-51,53-56,59-60,64-74H,10-21H2,1-8H3/b23-22+/t24-,29+,30+,31+,32+,33-,34+,35+,36+,37+,38+,39-,40+,41+,42+,43-,44-,45-,46+,47+,48+,49+,50+,51+,53+,54-,55-,56-,57+,58-/m1/s1. The molecule has 8 rings (SSSR count). The van der Waals surface area contributed by atoms with Crippen molar-refractivity contribution in [2.24, 2.45) is 40.4 Å². The number of aliphatic hydroxyl groups excluding tert-OH is 13. The molecule has 4 heterocycles. The predicted molar refractivity (Wildman–Crippen MR) is 287 cm³/mol. The molecule has 0 amide bonds. The van der Waals surface area contributed by atoms with Crippen LogP contribution in [-0.2, 0) is 71.3 Å². The first kappa shape index (κ1) is 68.5. The van der Waals surface area contributed by atoms with Gasteiger partial charge in [-0.3, -0.25) is 14.4 Å². The Morgan fingerprint density at radius 2 is 1.10 bits per heavy atom. The molecule has 0 spiro atoms. The first-order valence-corrected chi connectivity index (χ1v) is 29.8. The summed E-state index contributed by atoms with van der Waals surface area (Å²) in [5, 5.41) is 140. The van der Waals surface area contributed by atoms with E-state index in [-0.39, 0.29) is 53.4 Å². The molecule has 0 aromatic rings. The van der Waals surface area contributed by atoms with Crippen molar-refractivity contribution < 1.29 is 138 Å². The molecule has 28 nitrogen and oxygen atoms in total. The van der Waals surface area contributed by atoms with Gasteiger partial charge in [-0.2, -0.15) is 0 Å². The van der Waals surface area contributed by atoms with E-state index in [1.807, 2.05) is 6.92 Å². The molecule has 13 N–H and O–H groups in total. The highest BCUT2D eigenvalue weighted by Crippen LogP contribution is 2.67. The van der Waals surface area contributed by atoms with Crippen LogP contribution in [0, 0.1) is 40.4 Å². The van der Waals surface area contributed by atoms with E-state index in [2.05, 4.69) is 19.9 Å². The summed E-state index contributed by atoms with van der Waals surface area (Å²) in [6, 6.07) is 0. The molecule has 0 bridgehead atoms. The molecular formula is C58H90O28. The van der Waals surface area contributed by atoms with Gasteiger partial charge >= 0.3 is 23.9 Å². The second-order valence-corrected chi connectivity index (χ2v) is 25.3. The third-order valence-corrected chi connectivity index (χ3v) is 20.2. The Bertz CT molecular complexity index is 2420. The number of hydrogen-bond acceptors (Lipinski definition) is 28. The van der Waals surface area contributed by atoms with E-state index in [0.29, 0.717) is 12.0 Å². The van der Waals surface area contributed by atoms with Crippen LogP contribution in [0.4, 0.5) is 0 Å². The van der Waals surface area contributed by atoms with Crippen LogP contribution >= 0.6 is 0 Å². The number of esters is 4. The van der Waals surface area contributed by atoms with Gasteiger partial charge in [-0.05, 0) is 87.4 Å². The number of aliphatic hydroxyl groups is 13. The maximum absolute atomic E-state index is 14.3. The van der Waals surface area contributed by atoms with Gasteiger partial charge in [-0.15, -0.1) is 0 Å². The third-order valence-electron chi connectivity index (χ3n) is 20.2. The smallest absolute Gasteiger partial charge is 0.336 e. The van der Waals surface area contributed by atoms with Crippen LogP contribution in [0.1, 0.15) is 107 Å². The summed E-state index contributed by atoms with van der Waals surface area (Å²) in [5.41, 5.74) is 0.700. The molecule has 4 aliphatic heterocycles. The number of fused-ring (bicyclic) bond motifs is 5. The normalized spacial score (nSPS) is 46.0. The molecule has 0 aromatic heterocycles. The molecule has 4 aliphatic carbocycles. The highest BCUT2D eigenvalue weighted by atomic mass is 16.8. The Hall–Kier alpha value is -3.44. The molecule has 8 aliphatic rings. The molecule has 0 radical (unpaired) electrons. The van der Waals surface area contributed by atoms with Crippen LogP contribution in [0.15, 0.2) is 22.8 Å². The van der Waals surface area contributed by atoms with Gasteiger partial charge in [0.1, 0.15) is 111 Å². The van der Waals surface area contributed by atoms with E-state index < -0.39 is 197 Å². The minimum absolute atomic E-state index is 0.0220. The van der Waals surface area contributed by atoms with Crippen molar-refractivity contribution in [1.29, 1.82) is 0 Å². The van der Waals surface area contributed by atoms with E-state index in [4.69, 9.17) is 52.1 Å². The number of ether oxygens (including phenoxy) is 11. The van der Waals surface area contributed by atoms with Gasteiger partial charge in [-0.25, -0.2) is 4.79 Å². The Balaban J connectivity index is 0.964. The van der Waals surface area contributed by atoms with Crippen molar-refractivity contribution in [2.45, 2.75) is 248 Å². The van der Waals surface area contributed by atoms with Gasteiger partial charge in [0.25, 0.3) is 0 Å². The molecule has 490 valence electrons. The highest BCUT2D eigenvalue weighted by molar-refractivity contribution is 5.88. The number of carbonyl (C=O) groups excluding carboxylic acids is 4. The molecule has 0 unspecified atom stereocenters. The van der Waals surface area contributed by atoms with Crippen LogP contribution in [0.5, 0.6) is 0 Å². The predicted octanol–water partition coefficient (Wildman–Crippen LogP) is -2.85. The summed E-state index contributed by atoms with van der Waals surface area (Å²) >= 11 is 0. The summed E-state index contributed by atoms with van der Waals surface area (Å²) < 4.78 is 62.9. The van der Waals surface area contributed by atoms with E-state index in [1.165, 1.54) is 13.8 Å². The average Bonchev–Trinajstić information content (AvgIpc) is 1.30. The number of allylic oxidation sites excluding steroid dienone is 1. The minimum atomic E-state index is -2.15. The molecule has 30 atom stereocenters. The Kier molecular flexibility index (Phi) is 22.3. The van der Waals surface area contributed by atoms with E-state index in [0.717, 1.165) is 51.5 Å². The lowest BCUT2D eigenvalue weighted by Crippen LogP contribution is -2.66. The third kappa shape index (κ3) is 13.8. The van der Waals surface area contributed by atoms with Crippen LogP contribution < -0.4 is 0 Å². The fourth-order valence-electron chi connectivity index (χ4n) is 15.2. The van der Waals surface area contributed by atoms with Gasteiger partial charge in [0.05, 0.1) is 25.4 Å². The van der Waals surface area contributed by atoms with Crippen LogP contribution in [0.25, 0.3) is 0 Å². The average molecular weight is 1240 g/mol. The van der Waals surface area contributed by atoms with Crippen molar-refractivity contribution in [2.75, 3.05) is 26.4 Å². The van der Waals surface area contributed by atoms with Crippen LogP contribution in [0.2, 0.25) is 0 Å². The first-order valence-electron chi connectivity index (χ1n) is 29.8. The quantitative estimate of drug-likeness (QED) is 0.0268. The van der Waals surface area contributed by atoms with E-state index in [9.17, 15) is 85.6 Å². The van der Waals surface area contributed by atoms with E-state index >= 15 is 0 Å². The molecule has 86 heavy (non-hydrogen) atoms. The van der Waals surface area contributed by atoms with Gasteiger partial charge < -0.3 is 118 Å². The lowest BCUT2D eigenvalue weighted by Gasteiger charge is -2.60. The van der Waals surface area contributed by atoms with Crippen molar-refractivity contribution >= 4 is 23.9 Å². The summed E-state index contributed by atoms with van der Waals surface area (Å²) in [6.07, 6.45) is -30.3. The van der Waals surface area contributed by atoms with Gasteiger partial charge in [-0.1, -0.05) is 38.0 Å². The second kappa shape index (κ2) is 28.0. The molecular weight excluding hydrogens is 1140 g/mol. The highest BCUT2D eigenvalue weighted by Gasteiger charge is 2.63.